The Balaban J connectivity index is 1.65. The number of fused-ring (bicyclic) bond motifs is 1. The SMILES string of the molecule is O=C(O)CCCCCN1C(=O)C(O)=C(C(=O)c2ccc(Cl)cc2)C1c1ccc2c(c1)OCO2. The number of aliphatic hydroxyl groups is 1. The van der Waals surface area contributed by atoms with Gasteiger partial charge in [-0.2, -0.15) is 0 Å². The van der Waals surface area contributed by atoms with E-state index in [1.807, 2.05) is 0 Å². The highest BCUT2D eigenvalue weighted by atomic mass is 35.5. The molecule has 0 saturated heterocycles. The first-order chi connectivity index (χ1) is 15.9. The third-order valence-corrected chi connectivity index (χ3v) is 5.91. The fraction of sp³-hybridized carbons (Fsp3) is 0.292. The lowest BCUT2D eigenvalue weighted by Crippen LogP contribution is -2.32. The number of carboxylic acid groups (broad SMARTS) is 1. The van der Waals surface area contributed by atoms with E-state index in [1.165, 1.54) is 4.90 Å². The van der Waals surface area contributed by atoms with E-state index in [1.54, 1.807) is 42.5 Å². The minimum absolute atomic E-state index is 0.0216. The fourth-order valence-corrected chi connectivity index (χ4v) is 4.16. The summed E-state index contributed by atoms with van der Waals surface area (Å²) in [6.45, 7) is 0.326. The lowest BCUT2D eigenvalue weighted by Gasteiger charge is -2.27. The molecule has 0 spiro atoms. The zero-order valence-electron chi connectivity index (χ0n) is 17.6. The number of unbranched alkanes of at least 4 members (excludes halogenated alkanes) is 2. The maximum Gasteiger partial charge on any atom is 0.303 e. The van der Waals surface area contributed by atoms with Crippen molar-refractivity contribution in [2.45, 2.75) is 31.7 Å². The van der Waals surface area contributed by atoms with Crippen molar-refractivity contribution < 1.29 is 34.1 Å². The van der Waals surface area contributed by atoms with Gasteiger partial charge in [-0.1, -0.05) is 24.1 Å². The van der Waals surface area contributed by atoms with Crippen LogP contribution in [-0.2, 0) is 9.59 Å². The van der Waals surface area contributed by atoms with Crippen LogP contribution in [0.15, 0.2) is 53.8 Å². The van der Waals surface area contributed by atoms with Gasteiger partial charge in [0.15, 0.2) is 23.0 Å². The highest BCUT2D eigenvalue weighted by molar-refractivity contribution is 6.30. The number of ketones is 1. The van der Waals surface area contributed by atoms with Crippen LogP contribution in [0.3, 0.4) is 0 Å². The molecule has 0 aliphatic carbocycles. The molecular weight excluding hydrogens is 450 g/mol. The number of ether oxygens (including phenoxy) is 2. The van der Waals surface area contributed by atoms with Crippen molar-refractivity contribution >= 4 is 29.3 Å². The third kappa shape index (κ3) is 4.66. The van der Waals surface area contributed by atoms with Crippen LogP contribution in [0.1, 0.15) is 47.6 Å². The summed E-state index contributed by atoms with van der Waals surface area (Å²) in [5.74, 6) is -1.54. The van der Waals surface area contributed by atoms with Gasteiger partial charge in [0, 0.05) is 23.6 Å². The quantitative estimate of drug-likeness (QED) is 0.414. The highest BCUT2D eigenvalue weighted by Gasteiger charge is 2.43. The van der Waals surface area contributed by atoms with Crippen molar-refractivity contribution in [3.63, 3.8) is 0 Å². The number of halogens is 1. The number of aliphatic hydroxyl groups excluding tert-OH is 1. The molecule has 172 valence electrons. The van der Waals surface area contributed by atoms with E-state index in [9.17, 15) is 19.5 Å². The Hall–Kier alpha value is -3.52. The average Bonchev–Trinajstić information content (AvgIpc) is 3.36. The molecule has 2 heterocycles. The van der Waals surface area contributed by atoms with E-state index in [4.69, 9.17) is 26.2 Å². The van der Waals surface area contributed by atoms with Crippen LogP contribution in [-0.4, -0.2) is 46.1 Å². The topological polar surface area (TPSA) is 113 Å². The molecule has 8 nitrogen and oxygen atoms in total. The van der Waals surface area contributed by atoms with Crippen LogP contribution in [0.25, 0.3) is 0 Å². The molecule has 0 bridgehead atoms. The van der Waals surface area contributed by atoms with Crippen molar-refractivity contribution in [3.8, 4) is 11.5 Å². The van der Waals surface area contributed by atoms with E-state index >= 15 is 0 Å². The smallest absolute Gasteiger partial charge is 0.303 e. The van der Waals surface area contributed by atoms with Crippen molar-refractivity contribution in [2.75, 3.05) is 13.3 Å². The van der Waals surface area contributed by atoms with Crippen LogP contribution in [0.5, 0.6) is 11.5 Å². The predicted octanol–water partition coefficient (Wildman–Crippen LogP) is 4.29. The van der Waals surface area contributed by atoms with Crippen LogP contribution >= 0.6 is 11.6 Å². The molecule has 0 fully saturated rings. The molecule has 2 aliphatic rings. The summed E-state index contributed by atoms with van der Waals surface area (Å²) < 4.78 is 10.8. The largest absolute Gasteiger partial charge is 0.503 e. The number of carbonyl (C=O) groups is 3. The molecule has 2 N–H and O–H groups in total. The highest BCUT2D eigenvalue weighted by Crippen LogP contribution is 2.42. The van der Waals surface area contributed by atoms with Crippen LogP contribution in [0, 0.1) is 0 Å². The second-order valence-corrected chi connectivity index (χ2v) is 8.25. The van der Waals surface area contributed by atoms with Gasteiger partial charge in [-0.3, -0.25) is 14.4 Å². The van der Waals surface area contributed by atoms with Gasteiger partial charge in [-0.05, 0) is 54.8 Å². The lowest BCUT2D eigenvalue weighted by molar-refractivity contribution is -0.137. The van der Waals surface area contributed by atoms with E-state index in [0.29, 0.717) is 46.9 Å². The summed E-state index contributed by atoms with van der Waals surface area (Å²) in [7, 11) is 0. The molecule has 1 unspecified atom stereocenters. The van der Waals surface area contributed by atoms with Gasteiger partial charge in [0.2, 0.25) is 6.79 Å². The first kappa shape index (κ1) is 22.7. The van der Waals surface area contributed by atoms with Crippen LogP contribution in [0.2, 0.25) is 5.02 Å². The molecule has 0 aromatic heterocycles. The number of amides is 1. The van der Waals surface area contributed by atoms with E-state index < -0.39 is 29.5 Å². The number of carbonyl (C=O) groups excluding carboxylic acids is 2. The molecule has 2 aliphatic heterocycles. The first-order valence-corrected chi connectivity index (χ1v) is 10.9. The standard InChI is InChI=1S/C24H22ClNO7/c25-16-8-5-14(6-9-16)22(29)20-21(15-7-10-17-18(12-15)33-13-32-17)26(24(31)23(20)30)11-3-1-2-4-19(27)28/h5-10,12,21,30H,1-4,11,13H2,(H,27,28). The number of carboxylic acids is 1. The predicted molar refractivity (Wildman–Crippen MR) is 119 cm³/mol. The van der Waals surface area contributed by atoms with Crippen LogP contribution < -0.4 is 9.47 Å². The average molecular weight is 472 g/mol. The van der Waals surface area contributed by atoms with E-state index in [-0.39, 0.29) is 25.3 Å². The maximum atomic E-state index is 13.4. The van der Waals surface area contributed by atoms with Crippen molar-refractivity contribution in [2.24, 2.45) is 0 Å². The molecule has 1 atom stereocenters. The Kier molecular flexibility index (Phi) is 6.55. The second kappa shape index (κ2) is 9.54. The van der Waals surface area contributed by atoms with Crippen molar-refractivity contribution in [1.82, 2.24) is 4.90 Å². The number of nitrogens with zero attached hydrogens (tertiary/aromatic N) is 1. The number of aliphatic carboxylic acids is 1. The first-order valence-electron chi connectivity index (χ1n) is 10.5. The second-order valence-electron chi connectivity index (χ2n) is 7.82. The number of Topliss-reactive ketones (excluding diaryl/α,β-unsaturated/α-hetero) is 1. The normalized spacial score (nSPS) is 17.1. The Morgan fingerprint density at radius 2 is 1.76 bits per heavy atom. The summed E-state index contributed by atoms with van der Waals surface area (Å²) in [6.07, 6.45) is 1.63. The fourth-order valence-electron chi connectivity index (χ4n) is 4.04. The van der Waals surface area contributed by atoms with Crippen molar-refractivity contribution in [3.05, 3.63) is 69.9 Å². The minimum Gasteiger partial charge on any atom is -0.503 e. The number of hydrogen-bond donors (Lipinski definition) is 2. The Morgan fingerprint density at radius 3 is 2.48 bits per heavy atom. The van der Waals surface area contributed by atoms with Crippen molar-refractivity contribution in [1.29, 1.82) is 0 Å². The summed E-state index contributed by atoms with van der Waals surface area (Å²) >= 11 is 5.93. The summed E-state index contributed by atoms with van der Waals surface area (Å²) in [4.78, 5) is 38.5. The van der Waals surface area contributed by atoms with Gasteiger partial charge in [-0.15, -0.1) is 0 Å². The maximum absolute atomic E-state index is 13.4. The minimum atomic E-state index is -0.874. The molecular formula is C24H22ClNO7. The van der Waals surface area contributed by atoms with Gasteiger partial charge in [0.1, 0.15) is 0 Å². The molecule has 2 aromatic carbocycles. The van der Waals surface area contributed by atoms with E-state index in [2.05, 4.69) is 0 Å². The van der Waals surface area contributed by atoms with Gasteiger partial charge >= 0.3 is 5.97 Å². The van der Waals surface area contributed by atoms with Gasteiger partial charge in [0.05, 0.1) is 11.6 Å². The number of benzene rings is 2. The Bertz CT molecular complexity index is 1130. The molecule has 4 rings (SSSR count). The monoisotopic (exact) mass is 471 g/mol. The molecule has 0 radical (unpaired) electrons. The van der Waals surface area contributed by atoms with Gasteiger partial charge < -0.3 is 24.6 Å². The lowest BCUT2D eigenvalue weighted by atomic mass is 9.92. The Morgan fingerprint density at radius 1 is 1.03 bits per heavy atom. The Labute approximate surface area is 195 Å². The summed E-state index contributed by atoms with van der Waals surface area (Å²) in [5, 5.41) is 20.0. The zero-order chi connectivity index (χ0) is 23.5. The van der Waals surface area contributed by atoms with Crippen LogP contribution in [0.4, 0.5) is 0 Å². The molecule has 33 heavy (non-hydrogen) atoms. The third-order valence-electron chi connectivity index (χ3n) is 5.66. The van der Waals surface area contributed by atoms with Gasteiger partial charge in [-0.25, -0.2) is 0 Å². The summed E-state index contributed by atoms with van der Waals surface area (Å²) in [6, 6.07) is 10.5. The summed E-state index contributed by atoms with van der Waals surface area (Å²) in [5.41, 5.74) is 0.869. The van der Waals surface area contributed by atoms with Gasteiger partial charge in [0.25, 0.3) is 5.91 Å². The number of hydrogen-bond acceptors (Lipinski definition) is 6. The molecule has 0 saturated carbocycles. The van der Waals surface area contributed by atoms with E-state index in [0.717, 1.165) is 0 Å². The number of rotatable bonds is 9. The molecule has 9 heteroatoms. The zero-order valence-corrected chi connectivity index (χ0v) is 18.4. The molecule has 2 aromatic rings. The molecule has 1 amide bonds.